The number of rotatable bonds is 9. The molecule has 0 fully saturated rings. The van der Waals surface area contributed by atoms with Gasteiger partial charge in [0.1, 0.15) is 5.75 Å². The number of hydrogen-bond acceptors (Lipinski definition) is 3. The molecule has 0 aliphatic heterocycles. The second kappa shape index (κ2) is 8.94. The Hall–Kier alpha value is -1.06. The first-order chi connectivity index (χ1) is 9.21. The number of benzene rings is 1. The Morgan fingerprint density at radius 3 is 2.42 bits per heavy atom. The van der Waals surface area contributed by atoms with Crippen LogP contribution in [0.5, 0.6) is 5.75 Å². The molecule has 0 aliphatic carbocycles. The molecular weight excluding hydrogens is 236 g/mol. The maximum absolute atomic E-state index is 5.75. The van der Waals surface area contributed by atoms with Crippen molar-refractivity contribution in [3.05, 3.63) is 29.8 Å². The predicted octanol–water partition coefficient (Wildman–Crippen LogP) is 3.03. The molecule has 0 aliphatic rings. The van der Waals surface area contributed by atoms with Gasteiger partial charge < -0.3 is 15.4 Å². The van der Waals surface area contributed by atoms with Crippen molar-refractivity contribution in [3.8, 4) is 5.75 Å². The lowest BCUT2D eigenvalue weighted by Crippen LogP contribution is -2.33. The van der Waals surface area contributed by atoms with Crippen LogP contribution in [0.25, 0.3) is 0 Å². The van der Waals surface area contributed by atoms with Crippen molar-refractivity contribution < 1.29 is 4.74 Å². The summed E-state index contributed by atoms with van der Waals surface area (Å²) in [6.07, 6.45) is 2.27. The fourth-order valence-corrected chi connectivity index (χ4v) is 2.13. The lowest BCUT2D eigenvalue weighted by Gasteiger charge is -2.26. The molecule has 3 heteroatoms. The third-order valence-corrected chi connectivity index (χ3v) is 3.64. The van der Waals surface area contributed by atoms with Crippen molar-refractivity contribution in [2.75, 3.05) is 19.7 Å². The molecule has 3 nitrogen and oxygen atoms in total. The van der Waals surface area contributed by atoms with Gasteiger partial charge in [0, 0.05) is 19.1 Å². The van der Waals surface area contributed by atoms with E-state index in [0.29, 0.717) is 12.6 Å². The zero-order valence-electron chi connectivity index (χ0n) is 12.6. The SMILES string of the molecule is CCC(C)N(CC)CCCOc1ccc(CN)cc1. The van der Waals surface area contributed by atoms with Gasteiger partial charge in [-0.3, -0.25) is 0 Å². The van der Waals surface area contributed by atoms with Crippen LogP contribution < -0.4 is 10.5 Å². The highest BCUT2D eigenvalue weighted by Gasteiger charge is 2.08. The second-order valence-corrected chi connectivity index (χ2v) is 4.94. The fraction of sp³-hybridized carbons (Fsp3) is 0.625. The minimum Gasteiger partial charge on any atom is -0.494 e. The zero-order valence-corrected chi connectivity index (χ0v) is 12.6. The fourth-order valence-electron chi connectivity index (χ4n) is 2.13. The highest BCUT2D eigenvalue weighted by Crippen LogP contribution is 2.12. The topological polar surface area (TPSA) is 38.5 Å². The minimum atomic E-state index is 0.584. The molecule has 2 N–H and O–H groups in total. The van der Waals surface area contributed by atoms with Gasteiger partial charge in [0.2, 0.25) is 0 Å². The van der Waals surface area contributed by atoms with Crippen LogP contribution in [0.15, 0.2) is 24.3 Å². The first kappa shape index (κ1) is 16.0. The highest BCUT2D eigenvalue weighted by atomic mass is 16.5. The molecule has 1 atom stereocenters. The lowest BCUT2D eigenvalue weighted by atomic mass is 10.2. The summed E-state index contributed by atoms with van der Waals surface area (Å²) in [7, 11) is 0. The van der Waals surface area contributed by atoms with Gasteiger partial charge >= 0.3 is 0 Å². The van der Waals surface area contributed by atoms with Crippen LogP contribution in [0.2, 0.25) is 0 Å². The van der Waals surface area contributed by atoms with E-state index in [9.17, 15) is 0 Å². The average molecular weight is 264 g/mol. The van der Waals surface area contributed by atoms with E-state index in [2.05, 4.69) is 25.7 Å². The molecule has 0 saturated heterocycles. The van der Waals surface area contributed by atoms with Gasteiger partial charge in [0.05, 0.1) is 6.61 Å². The largest absolute Gasteiger partial charge is 0.494 e. The standard InChI is InChI=1S/C16H28N2O/c1-4-14(3)18(5-2)11-6-12-19-16-9-7-15(13-17)8-10-16/h7-10,14H,4-6,11-13,17H2,1-3H3. The summed E-state index contributed by atoms with van der Waals surface area (Å²) in [5, 5.41) is 0. The second-order valence-electron chi connectivity index (χ2n) is 4.94. The molecule has 19 heavy (non-hydrogen) atoms. The van der Waals surface area contributed by atoms with Crippen molar-refractivity contribution >= 4 is 0 Å². The molecule has 1 unspecified atom stereocenters. The third-order valence-electron chi connectivity index (χ3n) is 3.64. The molecule has 0 radical (unpaired) electrons. The van der Waals surface area contributed by atoms with E-state index < -0.39 is 0 Å². The Labute approximate surface area is 117 Å². The molecular formula is C16H28N2O. The quantitative estimate of drug-likeness (QED) is 0.697. The van der Waals surface area contributed by atoms with E-state index in [1.54, 1.807) is 0 Å². The molecule has 0 heterocycles. The molecule has 1 aromatic rings. The Kier molecular flexibility index (Phi) is 7.53. The normalized spacial score (nSPS) is 12.7. The van der Waals surface area contributed by atoms with Crippen LogP contribution in [0.3, 0.4) is 0 Å². The first-order valence-electron chi connectivity index (χ1n) is 7.37. The molecule has 1 rings (SSSR count). The van der Waals surface area contributed by atoms with E-state index in [0.717, 1.165) is 37.4 Å². The van der Waals surface area contributed by atoms with E-state index in [1.807, 2.05) is 24.3 Å². The van der Waals surface area contributed by atoms with Gasteiger partial charge in [0.25, 0.3) is 0 Å². The Morgan fingerprint density at radius 2 is 1.89 bits per heavy atom. The van der Waals surface area contributed by atoms with E-state index in [-0.39, 0.29) is 0 Å². The van der Waals surface area contributed by atoms with Crippen LogP contribution in [0, 0.1) is 0 Å². The predicted molar refractivity (Wildman–Crippen MR) is 81.4 cm³/mol. The van der Waals surface area contributed by atoms with E-state index >= 15 is 0 Å². The van der Waals surface area contributed by atoms with Crippen LogP contribution >= 0.6 is 0 Å². The Morgan fingerprint density at radius 1 is 1.21 bits per heavy atom. The summed E-state index contributed by atoms with van der Waals surface area (Å²) in [5.41, 5.74) is 6.71. The number of nitrogens with two attached hydrogens (primary N) is 1. The van der Waals surface area contributed by atoms with Crippen molar-refractivity contribution in [1.82, 2.24) is 4.90 Å². The summed E-state index contributed by atoms with van der Waals surface area (Å²) in [6.45, 7) is 10.3. The number of nitrogens with zero attached hydrogens (tertiary/aromatic N) is 1. The summed E-state index contributed by atoms with van der Waals surface area (Å²) >= 11 is 0. The third kappa shape index (κ3) is 5.62. The highest BCUT2D eigenvalue weighted by molar-refractivity contribution is 5.26. The van der Waals surface area contributed by atoms with E-state index in [1.165, 1.54) is 6.42 Å². The van der Waals surface area contributed by atoms with Crippen molar-refractivity contribution in [3.63, 3.8) is 0 Å². The zero-order chi connectivity index (χ0) is 14.1. The smallest absolute Gasteiger partial charge is 0.119 e. The van der Waals surface area contributed by atoms with Gasteiger partial charge in [-0.2, -0.15) is 0 Å². The van der Waals surface area contributed by atoms with Crippen molar-refractivity contribution in [2.45, 2.75) is 46.2 Å². The van der Waals surface area contributed by atoms with E-state index in [4.69, 9.17) is 10.5 Å². The number of ether oxygens (including phenoxy) is 1. The maximum atomic E-state index is 5.75. The molecule has 108 valence electrons. The van der Waals surface area contributed by atoms with Gasteiger partial charge in [0.15, 0.2) is 0 Å². The van der Waals surface area contributed by atoms with Gasteiger partial charge in [-0.15, -0.1) is 0 Å². The maximum Gasteiger partial charge on any atom is 0.119 e. The van der Waals surface area contributed by atoms with Gasteiger partial charge in [-0.1, -0.05) is 26.0 Å². The summed E-state index contributed by atoms with van der Waals surface area (Å²) in [4.78, 5) is 2.50. The lowest BCUT2D eigenvalue weighted by molar-refractivity contribution is 0.193. The van der Waals surface area contributed by atoms with Crippen LogP contribution in [0.4, 0.5) is 0 Å². The first-order valence-corrected chi connectivity index (χ1v) is 7.37. The average Bonchev–Trinajstić information content (AvgIpc) is 2.47. The van der Waals surface area contributed by atoms with Crippen LogP contribution in [-0.2, 0) is 6.54 Å². The molecule has 0 bridgehead atoms. The molecule has 1 aromatic carbocycles. The van der Waals surface area contributed by atoms with Crippen LogP contribution in [-0.4, -0.2) is 30.6 Å². The Bertz CT molecular complexity index is 337. The summed E-state index contributed by atoms with van der Waals surface area (Å²) in [6, 6.07) is 8.69. The van der Waals surface area contributed by atoms with Crippen molar-refractivity contribution in [2.24, 2.45) is 5.73 Å². The van der Waals surface area contributed by atoms with Gasteiger partial charge in [-0.05, 0) is 44.0 Å². The Balaban J connectivity index is 2.25. The molecule has 0 spiro atoms. The summed E-state index contributed by atoms with van der Waals surface area (Å²) < 4.78 is 5.75. The monoisotopic (exact) mass is 264 g/mol. The summed E-state index contributed by atoms with van der Waals surface area (Å²) in [5.74, 6) is 0.934. The molecule has 0 aromatic heterocycles. The molecule has 0 saturated carbocycles. The van der Waals surface area contributed by atoms with Crippen LogP contribution in [0.1, 0.15) is 39.2 Å². The number of hydrogen-bond donors (Lipinski definition) is 1. The van der Waals surface area contributed by atoms with Gasteiger partial charge in [-0.25, -0.2) is 0 Å². The van der Waals surface area contributed by atoms with Crippen molar-refractivity contribution in [1.29, 1.82) is 0 Å². The minimum absolute atomic E-state index is 0.584. The molecule has 0 amide bonds.